The second-order valence-electron chi connectivity index (χ2n) is 8.15. The van der Waals surface area contributed by atoms with Gasteiger partial charge < -0.3 is 26.0 Å². The molecule has 0 aromatic carbocycles. The molecule has 0 aliphatic carbocycles. The summed E-state index contributed by atoms with van der Waals surface area (Å²) in [5.41, 5.74) is 4.59. The van der Waals surface area contributed by atoms with E-state index >= 15 is 0 Å². The number of rotatable bonds is 13. The fraction of sp³-hybridized carbons (Fsp3) is 0.800. The van der Waals surface area contributed by atoms with Crippen LogP contribution in [0, 0.1) is 0 Å². The molecule has 0 spiro atoms. The van der Waals surface area contributed by atoms with Gasteiger partial charge in [0.05, 0.1) is 6.42 Å². The molecule has 1 unspecified atom stereocenters. The van der Waals surface area contributed by atoms with E-state index in [2.05, 4.69) is 17.6 Å². The lowest BCUT2D eigenvalue weighted by atomic mass is 10.1. The summed E-state index contributed by atoms with van der Waals surface area (Å²) < 4.78 is 5.23. The minimum absolute atomic E-state index is 0.150. The molecule has 0 heterocycles. The SMILES string of the molecule is CCCCCCCC(=O)NC(CC(N)=O)C(=O)NCCN(C)C(=O)OC(C)(C)C. The highest BCUT2D eigenvalue weighted by Gasteiger charge is 2.23. The van der Waals surface area contributed by atoms with Crippen molar-refractivity contribution < 1.29 is 23.9 Å². The Hall–Kier alpha value is -2.32. The highest BCUT2D eigenvalue weighted by Crippen LogP contribution is 2.09. The minimum Gasteiger partial charge on any atom is -0.444 e. The van der Waals surface area contributed by atoms with Crippen LogP contribution < -0.4 is 16.4 Å². The van der Waals surface area contributed by atoms with Crippen LogP contribution in [0.3, 0.4) is 0 Å². The maximum absolute atomic E-state index is 12.3. The maximum Gasteiger partial charge on any atom is 0.410 e. The first-order valence-corrected chi connectivity index (χ1v) is 10.3. The van der Waals surface area contributed by atoms with Crippen molar-refractivity contribution in [2.24, 2.45) is 5.73 Å². The molecule has 9 nitrogen and oxygen atoms in total. The van der Waals surface area contributed by atoms with Crippen LogP contribution in [0.4, 0.5) is 4.79 Å². The van der Waals surface area contributed by atoms with Crippen molar-refractivity contribution in [1.82, 2.24) is 15.5 Å². The molecular formula is C20H38N4O5. The van der Waals surface area contributed by atoms with E-state index in [0.717, 1.165) is 32.1 Å². The topological polar surface area (TPSA) is 131 Å². The van der Waals surface area contributed by atoms with Gasteiger partial charge in [-0.15, -0.1) is 0 Å². The van der Waals surface area contributed by atoms with Gasteiger partial charge in [-0.25, -0.2) is 4.79 Å². The van der Waals surface area contributed by atoms with E-state index < -0.39 is 29.6 Å². The van der Waals surface area contributed by atoms with Crippen molar-refractivity contribution in [3.63, 3.8) is 0 Å². The van der Waals surface area contributed by atoms with Gasteiger partial charge in [-0.3, -0.25) is 14.4 Å². The molecule has 0 fully saturated rings. The van der Waals surface area contributed by atoms with E-state index in [1.807, 2.05) is 0 Å². The predicted molar refractivity (Wildman–Crippen MR) is 111 cm³/mol. The minimum atomic E-state index is -1.03. The number of nitrogens with two attached hydrogens (primary N) is 1. The van der Waals surface area contributed by atoms with Gasteiger partial charge >= 0.3 is 6.09 Å². The fourth-order valence-electron chi connectivity index (χ4n) is 2.47. The molecule has 4 amide bonds. The average Bonchev–Trinajstić information content (AvgIpc) is 2.58. The third-order valence-corrected chi connectivity index (χ3v) is 4.02. The normalized spacial score (nSPS) is 12.0. The first kappa shape index (κ1) is 26.7. The molecule has 0 bridgehead atoms. The summed E-state index contributed by atoms with van der Waals surface area (Å²) in [5.74, 6) is -1.48. The molecule has 9 heteroatoms. The zero-order valence-electron chi connectivity index (χ0n) is 18.5. The number of hydrogen-bond donors (Lipinski definition) is 3. The van der Waals surface area contributed by atoms with Gasteiger partial charge in [0, 0.05) is 26.6 Å². The second-order valence-corrected chi connectivity index (χ2v) is 8.15. The van der Waals surface area contributed by atoms with E-state index in [1.165, 1.54) is 4.90 Å². The molecule has 0 radical (unpaired) electrons. The Morgan fingerprint density at radius 1 is 1.07 bits per heavy atom. The van der Waals surface area contributed by atoms with Crippen LogP contribution >= 0.6 is 0 Å². The fourth-order valence-corrected chi connectivity index (χ4v) is 2.47. The predicted octanol–water partition coefficient (Wildman–Crippen LogP) is 1.69. The van der Waals surface area contributed by atoms with Gasteiger partial charge in [0.1, 0.15) is 11.6 Å². The number of likely N-dealkylation sites (N-methyl/N-ethyl adjacent to an activating group) is 1. The summed E-state index contributed by atoms with van der Waals surface area (Å²) in [4.78, 5) is 48.9. The second kappa shape index (κ2) is 13.8. The third-order valence-electron chi connectivity index (χ3n) is 4.02. The number of ether oxygens (including phenoxy) is 1. The van der Waals surface area contributed by atoms with Crippen LogP contribution in [0.15, 0.2) is 0 Å². The summed E-state index contributed by atoms with van der Waals surface area (Å²) in [7, 11) is 1.56. The Labute approximate surface area is 174 Å². The van der Waals surface area contributed by atoms with Gasteiger partial charge in [-0.1, -0.05) is 32.6 Å². The highest BCUT2D eigenvalue weighted by molar-refractivity contribution is 5.91. The first-order chi connectivity index (χ1) is 13.5. The summed E-state index contributed by atoms with van der Waals surface area (Å²) >= 11 is 0. The van der Waals surface area contributed by atoms with Crippen LogP contribution in [-0.4, -0.2) is 60.5 Å². The molecule has 0 aliphatic rings. The lowest BCUT2D eigenvalue weighted by Gasteiger charge is -2.25. The molecule has 0 aromatic heterocycles. The number of hydrogen-bond acceptors (Lipinski definition) is 5. The quantitative estimate of drug-likeness (QED) is 0.395. The monoisotopic (exact) mass is 414 g/mol. The van der Waals surface area contributed by atoms with Gasteiger partial charge in [-0.05, 0) is 27.2 Å². The molecule has 0 aromatic rings. The van der Waals surface area contributed by atoms with E-state index in [9.17, 15) is 19.2 Å². The molecule has 168 valence electrons. The molecule has 0 saturated carbocycles. The maximum atomic E-state index is 12.3. The zero-order valence-corrected chi connectivity index (χ0v) is 18.5. The first-order valence-electron chi connectivity index (χ1n) is 10.3. The van der Waals surface area contributed by atoms with Crippen molar-refractivity contribution >= 4 is 23.8 Å². The van der Waals surface area contributed by atoms with Crippen LogP contribution in [0.25, 0.3) is 0 Å². The molecule has 0 aliphatic heterocycles. The lowest BCUT2D eigenvalue weighted by Crippen LogP contribution is -2.50. The van der Waals surface area contributed by atoms with E-state index in [1.54, 1.807) is 27.8 Å². The van der Waals surface area contributed by atoms with Crippen molar-refractivity contribution in [3.05, 3.63) is 0 Å². The van der Waals surface area contributed by atoms with Crippen LogP contribution in [0.2, 0.25) is 0 Å². The van der Waals surface area contributed by atoms with Crippen LogP contribution in [0.1, 0.15) is 72.6 Å². The number of carbonyl (C=O) groups excluding carboxylic acids is 4. The van der Waals surface area contributed by atoms with Gasteiger partial charge in [0.25, 0.3) is 0 Å². The smallest absolute Gasteiger partial charge is 0.410 e. The third kappa shape index (κ3) is 14.3. The van der Waals surface area contributed by atoms with Crippen molar-refractivity contribution in [2.75, 3.05) is 20.1 Å². The highest BCUT2D eigenvalue weighted by atomic mass is 16.6. The summed E-state index contributed by atoms with van der Waals surface area (Å²) in [6.45, 7) is 7.78. The number of unbranched alkanes of at least 4 members (excludes halogenated alkanes) is 4. The van der Waals surface area contributed by atoms with Crippen molar-refractivity contribution in [3.8, 4) is 0 Å². The molecule has 0 saturated heterocycles. The Morgan fingerprint density at radius 3 is 2.24 bits per heavy atom. The average molecular weight is 415 g/mol. The van der Waals surface area contributed by atoms with Crippen LogP contribution in [-0.2, 0) is 19.1 Å². The largest absolute Gasteiger partial charge is 0.444 e. The van der Waals surface area contributed by atoms with Gasteiger partial charge in [0.15, 0.2) is 0 Å². The number of primary amides is 1. The number of carbonyl (C=O) groups is 4. The molecule has 4 N–H and O–H groups in total. The van der Waals surface area contributed by atoms with Crippen LogP contribution in [0.5, 0.6) is 0 Å². The number of amides is 4. The Kier molecular flexibility index (Phi) is 12.7. The Morgan fingerprint density at radius 2 is 1.69 bits per heavy atom. The van der Waals surface area contributed by atoms with Crippen molar-refractivity contribution in [1.29, 1.82) is 0 Å². The molecule has 0 rings (SSSR count). The molecule has 29 heavy (non-hydrogen) atoms. The number of nitrogens with zero attached hydrogens (tertiary/aromatic N) is 1. The molecule has 1 atom stereocenters. The van der Waals surface area contributed by atoms with Gasteiger partial charge in [-0.2, -0.15) is 0 Å². The zero-order chi connectivity index (χ0) is 22.4. The van der Waals surface area contributed by atoms with E-state index in [4.69, 9.17) is 10.5 Å². The van der Waals surface area contributed by atoms with E-state index in [0.29, 0.717) is 6.42 Å². The van der Waals surface area contributed by atoms with E-state index in [-0.39, 0.29) is 25.4 Å². The summed E-state index contributed by atoms with van der Waals surface area (Å²) in [6.07, 6.45) is 4.52. The summed E-state index contributed by atoms with van der Waals surface area (Å²) in [6, 6.07) is -1.03. The Balaban J connectivity index is 4.44. The Bertz CT molecular complexity index is 545. The lowest BCUT2D eigenvalue weighted by molar-refractivity contribution is -0.131. The number of nitrogens with one attached hydrogen (secondary N) is 2. The molecular weight excluding hydrogens is 376 g/mol. The van der Waals surface area contributed by atoms with Gasteiger partial charge in [0.2, 0.25) is 17.7 Å². The standard InChI is InChI=1S/C20H38N4O5/c1-6-7-8-9-10-11-17(26)23-15(14-16(21)25)18(27)22-12-13-24(5)19(28)29-20(2,3)4/h15H,6-14H2,1-5H3,(H2,21,25)(H,22,27)(H,23,26). The summed E-state index contributed by atoms with van der Waals surface area (Å²) in [5, 5.41) is 5.19. The van der Waals surface area contributed by atoms with Crippen molar-refractivity contribution in [2.45, 2.75) is 84.3 Å².